The van der Waals surface area contributed by atoms with Crippen molar-refractivity contribution in [2.24, 2.45) is 17.3 Å². The van der Waals surface area contributed by atoms with Crippen LogP contribution in [0.25, 0.3) is 0 Å². The Labute approximate surface area is 116 Å². The van der Waals surface area contributed by atoms with Gasteiger partial charge in [-0.15, -0.1) is 0 Å². The van der Waals surface area contributed by atoms with E-state index in [0.29, 0.717) is 6.42 Å². The maximum Gasteiger partial charge on any atom is 0.310 e. The normalized spacial score (nSPS) is 32.5. The van der Waals surface area contributed by atoms with Gasteiger partial charge in [-0.05, 0) is 36.8 Å². The molecule has 1 aromatic rings. The molecular weight excluding hydrogens is 262 g/mol. The molecule has 0 radical (unpaired) electrons. The molecule has 4 atom stereocenters. The van der Waals surface area contributed by atoms with E-state index in [1.165, 1.54) is 18.2 Å². The summed E-state index contributed by atoms with van der Waals surface area (Å²) < 4.78 is 28.0. The van der Waals surface area contributed by atoms with Crippen LogP contribution in [0.2, 0.25) is 0 Å². The van der Waals surface area contributed by atoms with E-state index >= 15 is 0 Å². The van der Waals surface area contributed by atoms with Crippen molar-refractivity contribution in [1.82, 2.24) is 0 Å². The van der Waals surface area contributed by atoms with Crippen LogP contribution in [-0.4, -0.2) is 11.1 Å². The first-order valence-corrected chi connectivity index (χ1v) is 6.82. The Balaban J connectivity index is 2.10. The van der Waals surface area contributed by atoms with Crippen LogP contribution in [0.1, 0.15) is 31.2 Å². The Morgan fingerprint density at radius 3 is 2.45 bits per heavy atom. The number of fused-ring (bicyclic) bond motifs is 2. The Bertz CT molecular complexity index is 576. The van der Waals surface area contributed by atoms with E-state index in [1.807, 2.05) is 12.2 Å². The highest BCUT2D eigenvalue weighted by molar-refractivity contribution is 5.78. The third-order valence-electron chi connectivity index (χ3n) is 5.04. The molecule has 0 heterocycles. The summed E-state index contributed by atoms with van der Waals surface area (Å²) in [6.45, 7) is 1.63. The van der Waals surface area contributed by atoms with E-state index in [4.69, 9.17) is 0 Å². The molecule has 0 spiro atoms. The van der Waals surface area contributed by atoms with E-state index in [9.17, 15) is 18.7 Å². The second-order valence-corrected chi connectivity index (χ2v) is 5.89. The van der Waals surface area contributed by atoms with Gasteiger partial charge in [0.2, 0.25) is 0 Å². The van der Waals surface area contributed by atoms with Crippen molar-refractivity contribution in [3.8, 4) is 0 Å². The first-order chi connectivity index (χ1) is 9.46. The lowest BCUT2D eigenvalue weighted by Crippen LogP contribution is -2.40. The highest BCUT2D eigenvalue weighted by atomic mass is 19.1. The van der Waals surface area contributed by atoms with Gasteiger partial charge in [0.25, 0.3) is 0 Å². The Hall–Kier alpha value is -1.71. The topological polar surface area (TPSA) is 37.3 Å². The number of carbonyl (C=O) groups is 1. The van der Waals surface area contributed by atoms with Crippen molar-refractivity contribution in [3.63, 3.8) is 0 Å². The van der Waals surface area contributed by atoms with Crippen molar-refractivity contribution in [2.45, 2.75) is 25.7 Å². The van der Waals surface area contributed by atoms with Crippen LogP contribution in [0, 0.1) is 28.9 Å². The maximum atomic E-state index is 14.0. The van der Waals surface area contributed by atoms with Gasteiger partial charge in [0.1, 0.15) is 11.6 Å². The van der Waals surface area contributed by atoms with Crippen LogP contribution in [0.5, 0.6) is 0 Å². The van der Waals surface area contributed by atoms with Crippen molar-refractivity contribution in [2.75, 3.05) is 0 Å². The Kier molecular flexibility index (Phi) is 2.92. The third kappa shape index (κ3) is 1.63. The molecule has 1 aromatic carbocycles. The summed E-state index contributed by atoms with van der Waals surface area (Å²) in [6, 6.07) is 3.68. The third-order valence-corrected chi connectivity index (χ3v) is 5.04. The van der Waals surface area contributed by atoms with Gasteiger partial charge in [-0.2, -0.15) is 0 Å². The average molecular weight is 278 g/mol. The molecule has 1 saturated carbocycles. The predicted molar refractivity (Wildman–Crippen MR) is 70.2 cm³/mol. The van der Waals surface area contributed by atoms with Crippen LogP contribution in [0.15, 0.2) is 30.4 Å². The minimum atomic E-state index is -1.09. The summed E-state index contributed by atoms with van der Waals surface area (Å²) >= 11 is 0. The van der Waals surface area contributed by atoms with Crippen molar-refractivity contribution in [1.29, 1.82) is 0 Å². The number of allylic oxidation sites excluding steroid dienone is 2. The van der Waals surface area contributed by atoms with Crippen LogP contribution < -0.4 is 0 Å². The van der Waals surface area contributed by atoms with E-state index in [2.05, 4.69) is 0 Å². The summed E-state index contributed by atoms with van der Waals surface area (Å²) in [5, 5.41) is 9.72. The first-order valence-electron chi connectivity index (χ1n) is 6.82. The smallest absolute Gasteiger partial charge is 0.310 e. The summed E-state index contributed by atoms with van der Waals surface area (Å²) in [4.78, 5) is 11.9. The summed E-state index contributed by atoms with van der Waals surface area (Å²) in [7, 11) is 0. The van der Waals surface area contributed by atoms with Crippen LogP contribution >= 0.6 is 0 Å². The number of benzene rings is 1. The lowest BCUT2D eigenvalue weighted by atomic mass is 9.65. The summed E-state index contributed by atoms with van der Waals surface area (Å²) in [6.07, 6.45) is 5.15. The average Bonchev–Trinajstić information content (AvgIpc) is 2.98. The quantitative estimate of drug-likeness (QED) is 0.855. The second-order valence-electron chi connectivity index (χ2n) is 5.89. The molecule has 4 heteroatoms. The molecule has 0 aromatic heterocycles. The number of carboxylic acids is 1. The zero-order chi connectivity index (χ0) is 14.5. The molecule has 106 valence electrons. The van der Waals surface area contributed by atoms with Gasteiger partial charge in [0.15, 0.2) is 0 Å². The summed E-state index contributed by atoms with van der Waals surface area (Å²) in [5.41, 5.74) is -1.20. The molecule has 0 amide bonds. The molecule has 4 unspecified atom stereocenters. The van der Waals surface area contributed by atoms with Gasteiger partial charge in [0.05, 0.1) is 5.41 Å². The fraction of sp³-hybridized carbons (Fsp3) is 0.438. The molecule has 2 bridgehead atoms. The lowest BCUT2D eigenvalue weighted by Gasteiger charge is -2.37. The molecule has 3 rings (SSSR count). The zero-order valence-corrected chi connectivity index (χ0v) is 11.1. The number of halogens is 2. The van der Waals surface area contributed by atoms with Gasteiger partial charge in [-0.25, -0.2) is 8.78 Å². The van der Waals surface area contributed by atoms with Crippen LogP contribution in [0.4, 0.5) is 8.78 Å². The van der Waals surface area contributed by atoms with E-state index in [1.54, 1.807) is 6.92 Å². The highest BCUT2D eigenvalue weighted by Gasteiger charge is 2.57. The summed E-state index contributed by atoms with van der Waals surface area (Å²) in [5.74, 6) is -2.90. The minimum absolute atomic E-state index is 0.101. The molecule has 1 fully saturated rings. The lowest BCUT2D eigenvalue weighted by molar-refractivity contribution is -0.152. The standard InChI is InChI=1S/C16H16F2O2/c1-9(14-12(17)3-2-4-13(14)18)16(15(19)20)8-10-5-6-11(16)7-10/h2-6,9-11H,7-8H2,1H3,(H,19,20). The van der Waals surface area contributed by atoms with Gasteiger partial charge in [0, 0.05) is 11.5 Å². The number of hydrogen-bond acceptors (Lipinski definition) is 1. The molecule has 0 saturated heterocycles. The Morgan fingerprint density at radius 1 is 1.35 bits per heavy atom. The molecule has 1 N–H and O–H groups in total. The van der Waals surface area contributed by atoms with E-state index in [0.717, 1.165) is 6.42 Å². The van der Waals surface area contributed by atoms with Crippen molar-refractivity contribution in [3.05, 3.63) is 47.5 Å². The monoisotopic (exact) mass is 278 g/mol. The van der Waals surface area contributed by atoms with Gasteiger partial charge >= 0.3 is 5.97 Å². The Morgan fingerprint density at radius 2 is 2.00 bits per heavy atom. The fourth-order valence-corrected chi connectivity index (χ4v) is 4.00. The van der Waals surface area contributed by atoms with Crippen molar-refractivity contribution < 1.29 is 18.7 Å². The van der Waals surface area contributed by atoms with E-state index < -0.39 is 28.9 Å². The number of rotatable bonds is 3. The highest BCUT2D eigenvalue weighted by Crippen LogP contribution is 2.59. The molecular formula is C16H16F2O2. The predicted octanol–water partition coefficient (Wildman–Crippen LogP) is 3.74. The van der Waals surface area contributed by atoms with Crippen LogP contribution in [-0.2, 0) is 4.79 Å². The zero-order valence-electron chi connectivity index (χ0n) is 11.1. The van der Waals surface area contributed by atoms with E-state index in [-0.39, 0.29) is 17.4 Å². The first kappa shape index (κ1) is 13.3. The second kappa shape index (κ2) is 4.40. The van der Waals surface area contributed by atoms with Gasteiger partial charge < -0.3 is 5.11 Å². The number of aliphatic carboxylic acids is 1. The molecule has 20 heavy (non-hydrogen) atoms. The SMILES string of the molecule is CC(c1c(F)cccc1F)C1(C(=O)O)CC2C=CC1C2. The fourth-order valence-electron chi connectivity index (χ4n) is 4.00. The number of carboxylic acid groups (broad SMARTS) is 1. The van der Waals surface area contributed by atoms with Crippen LogP contribution in [0.3, 0.4) is 0 Å². The molecule has 0 aliphatic heterocycles. The molecule has 2 nitrogen and oxygen atoms in total. The minimum Gasteiger partial charge on any atom is -0.481 e. The van der Waals surface area contributed by atoms with Gasteiger partial charge in [-0.1, -0.05) is 25.1 Å². The maximum absolute atomic E-state index is 14.0. The number of hydrogen-bond donors (Lipinski definition) is 1. The van der Waals surface area contributed by atoms with Gasteiger partial charge in [-0.3, -0.25) is 4.79 Å². The van der Waals surface area contributed by atoms with Crippen molar-refractivity contribution >= 4 is 5.97 Å². The molecule has 2 aliphatic carbocycles. The molecule has 2 aliphatic rings. The largest absolute Gasteiger partial charge is 0.481 e.